The SMILES string of the molecule is C/C(=C\Sc1ccccc1)N=C=O. The fourth-order valence-electron chi connectivity index (χ4n) is 0.751. The molecule has 1 aromatic rings. The van der Waals surface area contributed by atoms with Crippen molar-refractivity contribution < 1.29 is 4.79 Å². The van der Waals surface area contributed by atoms with E-state index in [9.17, 15) is 4.79 Å². The van der Waals surface area contributed by atoms with E-state index in [0.29, 0.717) is 5.70 Å². The number of isocyanates is 1. The van der Waals surface area contributed by atoms with Crippen LogP contribution in [0.1, 0.15) is 6.92 Å². The van der Waals surface area contributed by atoms with E-state index < -0.39 is 0 Å². The molecule has 0 heterocycles. The highest BCUT2D eigenvalue weighted by Crippen LogP contribution is 2.19. The maximum atomic E-state index is 9.88. The summed E-state index contributed by atoms with van der Waals surface area (Å²) in [5.41, 5.74) is 0.670. The molecule has 0 aliphatic heterocycles. The molecule has 0 aliphatic carbocycles. The number of thioether (sulfide) groups is 1. The smallest absolute Gasteiger partial charge is 0.211 e. The van der Waals surface area contributed by atoms with Crippen LogP contribution in [0.2, 0.25) is 0 Å². The van der Waals surface area contributed by atoms with Gasteiger partial charge in [0.1, 0.15) is 0 Å². The Hall–Kier alpha value is -1.31. The van der Waals surface area contributed by atoms with E-state index >= 15 is 0 Å². The van der Waals surface area contributed by atoms with Crippen molar-refractivity contribution in [1.29, 1.82) is 0 Å². The lowest BCUT2D eigenvalue weighted by atomic mass is 10.4. The molecule has 1 aromatic carbocycles. The van der Waals surface area contributed by atoms with Crippen LogP contribution in [0.25, 0.3) is 0 Å². The molecule has 0 N–H and O–H groups in total. The Labute approximate surface area is 81.4 Å². The topological polar surface area (TPSA) is 29.4 Å². The lowest BCUT2D eigenvalue weighted by Crippen LogP contribution is -1.68. The summed E-state index contributed by atoms with van der Waals surface area (Å²) >= 11 is 1.53. The van der Waals surface area contributed by atoms with Crippen molar-refractivity contribution in [1.82, 2.24) is 0 Å². The molecular weight excluding hydrogens is 182 g/mol. The van der Waals surface area contributed by atoms with Crippen LogP contribution < -0.4 is 0 Å². The summed E-state index contributed by atoms with van der Waals surface area (Å²) in [7, 11) is 0. The zero-order valence-electron chi connectivity index (χ0n) is 7.23. The lowest BCUT2D eigenvalue weighted by Gasteiger charge is -1.93. The standard InChI is InChI=1S/C10H9NOS/c1-9(11-8-12)7-13-10-5-3-2-4-6-10/h2-7H,1H3/b9-7+. The zero-order chi connectivity index (χ0) is 9.52. The molecule has 0 saturated carbocycles. The Bertz CT molecular complexity index is 339. The molecule has 0 bridgehead atoms. The zero-order valence-corrected chi connectivity index (χ0v) is 8.04. The van der Waals surface area contributed by atoms with Crippen molar-refractivity contribution in [2.24, 2.45) is 4.99 Å². The van der Waals surface area contributed by atoms with Crippen molar-refractivity contribution in [3.8, 4) is 0 Å². The fourth-order valence-corrected chi connectivity index (χ4v) is 1.42. The van der Waals surface area contributed by atoms with E-state index in [1.165, 1.54) is 17.8 Å². The Morgan fingerprint density at radius 1 is 1.46 bits per heavy atom. The molecule has 66 valence electrons. The van der Waals surface area contributed by atoms with Crippen molar-refractivity contribution in [2.45, 2.75) is 11.8 Å². The molecule has 0 spiro atoms. The molecular formula is C10H9NOS. The molecule has 0 fully saturated rings. The van der Waals surface area contributed by atoms with Gasteiger partial charge in [0.15, 0.2) is 0 Å². The third-order valence-electron chi connectivity index (χ3n) is 1.33. The molecule has 3 heteroatoms. The second kappa shape index (κ2) is 5.36. The number of hydrogen-bond acceptors (Lipinski definition) is 3. The molecule has 0 amide bonds. The van der Waals surface area contributed by atoms with Crippen molar-refractivity contribution in [2.75, 3.05) is 0 Å². The van der Waals surface area contributed by atoms with Gasteiger partial charge in [-0.25, -0.2) is 4.79 Å². The van der Waals surface area contributed by atoms with E-state index in [1.807, 2.05) is 35.7 Å². The highest BCUT2D eigenvalue weighted by atomic mass is 32.2. The molecule has 0 unspecified atom stereocenters. The summed E-state index contributed by atoms with van der Waals surface area (Å²) in [6.45, 7) is 1.76. The van der Waals surface area contributed by atoms with Crippen LogP contribution in [-0.2, 0) is 4.79 Å². The quantitative estimate of drug-likeness (QED) is 0.417. The third-order valence-corrected chi connectivity index (χ3v) is 2.33. The lowest BCUT2D eigenvalue weighted by molar-refractivity contribution is 0.564. The van der Waals surface area contributed by atoms with Gasteiger partial charge in [0.2, 0.25) is 6.08 Å². The molecule has 1 rings (SSSR count). The highest BCUT2D eigenvalue weighted by Gasteiger charge is 1.88. The first-order valence-corrected chi connectivity index (χ1v) is 4.67. The third kappa shape index (κ3) is 3.74. The van der Waals surface area contributed by atoms with Crippen LogP contribution in [0.15, 0.2) is 51.3 Å². The van der Waals surface area contributed by atoms with Crippen molar-refractivity contribution in [3.05, 3.63) is 41.4 Å². The average Bonchev–Trinajstić information content (AvgIpc) is 2.17. The van der Waals surface area contributed by atoms with Crippen LogP contribution in [0.5, 0.6) is 0 Å². The molecule has 0 atom stereocenters. The van der Waals surface area contributed by atoms with Gasteiger partial charge < -0.3 is 0 Å². The maximum Gasteiger partial charge on any atom is 0.240 e. The Kier molecular flexibility index (Phi) is 4.03. The summed E-state index contributed by atoms with van der Waals surface area (Å²) in [6.07, 6.45) is 1.50. The Morgan fingerprint density at radius 2 is 2.15 bits per heavy atom. The number of carbonyl (C=O) groups excluding carboxylic acids is 1. The molecule has 0 saturated heterocycles. The van der Waals surface area contributed by atoms with E-state index in [0.717, 1.165) is 4.90 Å². The normalized spacial score (nSPS) is 10.7. The minimum Gasteiger partial charge on any atom is -0.211 e. The van der Waals surface area contributed by atoms with E-state index in [4.69, 9.17) is 0 Å². The average molecular weight is 191 g/mol. The number of rotatable bonds is 3. The summed E-state index contributed by atoms with van der Waals surface area (Å²) in [5, 5.41) is 1.82. The van der Waals surface area contributed by atoms with Gasteiger partial charge >= 0.3 is 0 Å². The van der Waals surface area contributed by atoms with Crippen LogP contribution in [0.3, 0.4) is 0 Å². The first-order chi connectivity index (χ1) is 6.33. The van der Waals surface area contributed by atoms with E-state index in [2.05, 4.69) is 4.99 Å². The number of benzene rings is 1. The number of allylic oxidation sites excluding steroid dienone is 1. The summed E-state index contributed by atoms with van der Waals surface area (Å²) in [6, 6.07) is 9.89. The second-order valence-corrected chi connectivity index (χ2v) is 3.34. The van der Waals surface area contributed by atoms with Gasteiger partial charge in [-0.15, -0.1) is 0 Å². The summed E-state index contributed by atoms with van der Waals surface area (Å²) in [5.74, 6) is 0. The fraction of sp³-hybridized carbons (Fsp3) is 0.100. The van der Waals surface area contributed by atoms with Crippen molar-refractivity contribution >= 4 is 17.8 Å². The van der Waals surface area contributed by atoms with E-state index in [1.54, 1.807) is 6.92 Å². The van der Waals surface area contributed by atoms with Gasteiger partial charge in [-0.3, -0.25) is 0 Å². The van der Waals surface area contributed by atoms with Gasteiger partial charge in [-0.1, -0.05) is 30.0 Å². The molecule has 0 aliphatic rings. The number of nitrogens with zero attached hydrogens (tertiary/aromatic N) is 1. The molecule has 0 aromatic heterocycles. The minimum absolute atomic E-state index is 0.670. The van der Waals surface area contributed by atoms with Crippen LogP contribution in [0, 0.1) is 0 Å². The predicted molar refractivity (Wildman–Crippen MR) is 54.2 cm³/mol. The van der Waals surface area contributed by atoms with Crippen molar-refractivity contribution in [3.63, 3.8) is 0 Å². The summed E-state index contributed by atoms with van der Waals surface area (Å²) < 4.78 is 0. The highest BCUT2D eigenvalue weighted by molar-refractivity contribution is 8.02. The summed E-state index contributed by atoms with van der Waals surface area (Å²) in [4.78, 5) is 14.5. The Balaban J connectivity index is 2.61. The number of aliphatic imine (C=N–C) groups is 1. The molecule has 13 heavy (non-hydrogen) atoms. The number of hydrogen-bond donors (Lipinski definition) is 0. The van der Waals surface area contributed by atoms with Crippen LogP contribution >= 0.6 is 11.8 Å². The maximum absolute atomic E-state index is 9.88. The largest absolute Gasteiger partial charge is 0.240 e. The van der Waals surface area contributed by atoms with Gasteiger partial charge in [0.05, 0.1) is 5.70 Å². The predicted octanol–water partition coefficient (Wildman–Crippen LogP) is 2.98. The van der Waals surface area contributed by atoms with Crippen LogP contribution in [-0.4, -0.2) is 6.08 Å². The van der Waals surface area contributed by atoms with Gasteiger partial charge in [0, 0.05) is 4.90 Å². The second-order valence-electron chi connectivity index (χ2n) is 2.39. The van der Waals surface area contributed by atoms with Gasteiger partial charge in [-0.2, -0.15) is 4.99 Å². The van der Waals surface area contributed by atoms with E-state index in [-0.39, 0.29) is 0 Å². The first-order valence-electron chi connectivity index (χ1n) is 3.79. The minimum atomic E-state index is 0.670. The van der Waals surface area contributed by atoms with Gasteiger partial charge in [0.25, 0.3) is 0 Å². The monoisotopic (exact) mass is 191 g/mol. The molecule has 2 nitrogen and oxygen atoms in total. The van der Waals surface area contributed by atoms with Gasteiger partial charge in [-0.05, 0) is 24.5 Å². The first kappa shape index (κ1) is 9.78. The molecule has 0 radical (unpaired) electrons. The van der Waals surface area contributed by atoms with Crippen LogP contribution in [0.4, 0.5) is 0 Å². The Morgan fingerprint density at radius 3 is 2.77 bits per heavy atom.